The van der Waals surface area contributed by atoms with Crippen molar-refractivity contribution in [1.29, 1.82) is 0 Å². The smallest absolute Gasteiger partial charge is 0.241 e. The van der Waals surface area contributed by atoms with E-state index in [4.69, 9.17) is 21.8 Å². The zero-order chi connectivity index (χ0) is 39.7. The minimum atomic E-state index is -0.413. The molecule has 4 heterocycles. The van der Waals surface area contributed by atoms with Gasteiger partial charge in [-0.1, -0.05) is 129 Å². The lowest BCUT2D eigenvalue weighted by molar-refractivity contribution is 0.193. The number of nitrogens with zero attached hydrogens (tertiary/aromatic N) is 6. The number of rotatable bonds is 4. The van der Waals surface area contributed by atoms with Crippen molar-refractivity contribution in [3.8, 4) is 23.0 Å². The first-order valence-corrected chi connectivity index (χ1v) is 18.4. The zero-order valence-corrected chi connectivity index (χ0v) is 29.5. The highest BCUT2D eigenvalue weighted by molar-refractivity contribution is 6.11. The molecule has 3 aromatic heterocycles. The lowest BCUT2D eigenvalue weighted by Crippen LogP contribution is -2.55. The Morgan fingerprint density at radius 2 is 1.06 bits per heavy atom. The molecule has 53 heavy (non-hydrogen) atoms. The second-order valence-corrected chi connectivity index (χ2v) is 14.9. The molecule has 11 rings (SSSR count). The molecule has 2 atom stereocenters. The molecule has 0 saturated heterocycles. The summed E-state index contributed by atoms with van der Waals surface area (Å²) in [5, 5.41) is 3.98. The number of benzene rings is 6. The Hall–Kier alpha value is -6.27. The molecule has 2 unspecified atom stereocenters. The third-order valence-electron chi connectivity index (χ3n) is 12.3. The number of hydrogen-bond donors (Lipinski definition) is 0. The molecule has 1 fully saturated rings. The van der Waals surface area contributed by atoms with E-state index >= 15 is 0 Å². The van der Waals surface area contributed by atoms with Crippen molar-refractivity contribution in [2.24, 2.45) is 0 Å². The molecule has 1 aliphatic heterocycles. The standard InChI is InChI=1S/C47H38N6/c1-46-28-14-15-29-47(46,2)53(42-25-13-9-21-37(42)46)45-49-43(51-38-22-10-6-18-33(38)34-19-7-11-23-39(34)51)48-44(50-45)52-40-24-12-8-20-35(40)36-30-32(26-27-41(36)52)31-16-4-3-5-17-31/h3-13,16-27,30H,14-15,28-29H2,1-2H3/i3D,4D,5D,16D,17D. The summed E-state index contributed by atoms with van der Waals surface area (Å²) in [4.78, 5) is 18.7. The third kappa shape index (κ3) is 4.17. The summed E-state index contributed by atoms with van der Waals surface area (Å²) < 4.78 is 46.6. The van der Waals surface area contributed by atoms with E-state index in [-0.39, 0.29) is 40.7 Å². The molecule has 1 aliphatic carbocycles. The van der Waals surface area contributed by atoms with Gasteiger partial charge in [-0.2, -0.15) is 15.0 Å². The van der Waals surface area contributed by atoms with Gasteiger partial charge in [-0.15, -0.1) is 0 Å². The van der Waals surface area contributed by atoms with E-state index in [1.54, 1.807) is 0 Å². The Morgan fingerprint density at radius 1 is 0.528 bits per heavy atom. The van der Waals surface area contributed by atoms with E-state index in [9.17, 15) is 0 Å². The van der Waals surface area contributed by atoms with Gasteiger partial charge in [-0.25, -0.2) is 0 Å². The molecule has 0 radical (unpaired) electrons. The Balaban J connectivity index is 1.22. The first-order chi connectivity index (χ1) is 28.1. The summed E-state index contributed by atoms with van der Waals surface area (Å²) in [6.45, 7) is 4.78. The molecule has 6 aromatic carbocycles. The third-order valence-corrected chi connectivity index (χ3v) is 12.3. The predicted molar refractivity (Wildman–Crippen MR) is 217 cm³/mol. The van der Waals surface area contributed by atoms with Gasteiger partial charge in [0.2, 0.25) is 17.8 Å². The van der Waals surface area contributed by atoms with Crippen LogP contribution in [0.15, 0.2) is 145 Å². The van der Waals surface area contributed by atoms with Gasteiger partial charge < -0.3 is 4.90 Å². The van der Waals surface area contributed by atoms with E-state index in [1.165, 1.54) is 5.56 Å². The molecule has 9 aromatic rings. The summed E-state index contributed by atoms with van der Waals surface area (Å²) in [7, 11) is 0. The van der Waals surface area contributed by atoms with Crippen LogP contribution in [0.5, 0.6) is 0 Å². The van der Waals surface area contributed by atoms with Gasteiger partial charge in [0.25, 0.3) is 0 Å². The van der Waals surface area contributed by atoms with Crippen molar-refractivity contribution < 1.29 is 6.85 Å². The number of para-hydroxylation sites is 4. The van der Waals surface area contributed by atoms with Crippen molar-refractivity contribution in [3.05, 3.63) is 151 Å². The van der Waals surface area contributed by atoms with Crippen molar-refractivity contribution in [2.45, 2.75) is 50.5 Å². The number of fused-ring (bicyclic) bond motifs is 9. The molecular formula is C47H38N6. The van der Waals surface area contributed by atoms with Crippen molar-refractivity contribution >= 4 is 55.2 Å². The quantitative estimate of drug-likeness (QED) is 0.184. The fourth-order valence-corrected chi connectivity index (χ4v) is 9.53. The summed E-state index contributed by atoms with van der Waals surface area (Å²) >= 11 is 0. The maximum Gasteiger partial charge on any atom is 0.241 e. The van der Waals surface area contributed by atoms with Gasteiger partial charge >= 0.3 is 0 Å². The highest BCUT2D eigenvalue weighted by Crippen LogP contribution is 2.60. The maximum absolute atomic E-state index is 8.73. The number of aromatic nitrogens is 5. The van der Waals surface area contributed by atoms with Crippen molar-refractivity contribution in [2.75, 3.05) is 4.90 Å². The first-order valence-electron chi connectivity index (χ1n) is 20.9. The van der Waals surface area contributed by atoms with Gasteiger partial charge in [0.15, 0.2) is 0 Å². The molecule has 1 saturated carbocycles. The Bertz CT molecular complexity index is 3130. The van der Waals surface area contributed by atoms with Crippen LogP contribution in [-0.2, 0) is 5.41 Å². The minimum absolute atomic E-state index is 0.117. The van der Waals surface area contributed by atoms with Gasteiger partial charge in [0.05, 0.1) is 34.5 Å². The van der Waals surface area contributed by atoms with Crippen LogP contribution in [0.3, 0.4) is 0 Å². The summed E-state index contributed by atoms with van der Waals surface area (Å²) in [5.41, 5.74) is 6.39. The van der Waals surface area contributed by atoms with Crippen LogP contribution in [0.4, 0.5) is 11.6 Å². The maximum atomic E-state index is 8.73. The van der Waals surface area contributed by atoms with Crippen LogP contribution >= 0.6 is 0 Å². The fraction of sp³-hybridized carbons (Fsp3) is 0.170. The van der Waals surface area contributed by atoms with E-state index in [2.05, 4.69) is 88.5 Å². The van der Waals surface area contributed by atoms with Crippen LogP contribution in [0.25, 0.3) is 66.6 Å². The highest BCUT2D eigenvalue weighted by atomic mass is 15.4. The molecule has 256 valence electrons. The molecule has 6 heteroatoms. The second kappa shape index (κ2) is 11.1. The van der Waals surface area contributed by atoms with E-state index in [1.807, 2.05) is 54.6 Å². The molecule has 0 bridgehead atoms. The normalized spacial score (nSPS) is 21.0. The lowest BCUT2D eigenvalue weighted by Gasteiger charge is -2.49. The highest BCUT2D eigenvalue weighted by Gasteiger charge is 2.58. The first kappa shape index (κ1) is 25.6. The van der Waals surface area contributed by atoms with Crippen LogP contribution in [0.2, 0.25) is 0 Å². The summed E-state index contributed by atoms with van der Waals surface area (Å²) in [6.07, 6.45) is 4.32. The van der Waals surface area contributed by atoms with Crippen LogP contribution in [-0.4, -0.2) is 29.6 Å². The zero-order valence-electron chi connectivity index (χ0n) is 34.5. The molecule has 0 N–H and O–H groups in total. The molecule has 0 spiro atoms. The molecule has 6 nitrogen and oxygen atoms in total. The van der Waals surface area contributed by atoms with Crippen LogP contribution in [0, 0.1) is 0 Å². The largest absolute Gasteiger partial charge is 0.303 e. The second-order valence-electron chi connectivity index (χ2n) is 14.9. The number of hydrogen-bond acceptors (Lipinski definition) is 4. The van der Waals surface area contributed by atoms with Gasteiger partial charge in [0, 0.05) is 32.6 Å². The SMILES string of the molecule is [2H]c1c([2H])c([2H])c(-c2ccc3c(c2)c2ccccc2n3-c2nc(N3c4ccccc4C4(C)CCCCC34C)nc(-n3c4ccccc4c4ccccc43)n2)c([2H])c1[2H]. The molecule has 0 amide bonds. The summed E-state index contributed by atoms with van der Waals surface area (Å²) in [6, 6.07) is 37.6. The minimum Gasteiger partial charge on any atom is -0.303 e. The van der Waals surface area contributed by atoms with Gasteiger partial charge in [-0.3, -0.25) is 9.13 Å². The fourth-order valence-electron chi connectivity index (χ4n) is 9.53. The predicted octanol–water partition coefficient (Wildman–Crippen LogP) is 11.5. The van der Waals surface area contributed by atoms with Crippen LogP contribution in [0.1, 0.15) is 51.9 Å². The van der Waals surface area contributed by atoms with E-state index in [0.717, 1.165) is 75.0 Å². The Kier molecular flexibility index (Phi) is 5.38. The average molecular weight is 692 g/mol. The van der Waals surface area contributed by atoms with Gasteiger partial charge in [0.1, 0.15) is 0 Å². The van der Waals surface area contributed by atoms with Gasteiger partial charge in [-0.05, 0) is 72.9 Å². The summed E-state index contributed by atoms with van der Waals surface area (Å²) in [5.74, 6) is 1.53. The molecule has 2 aliphatic rings. The Morgan fingerprint density at radius 3 is 1.72 bits per heavy atom. The van der Waals surface area contributed by atoms with Crippen LogP contribution < -0.4 is 4.90 Å². The average Bonchev–Trinajstić information content (AvgIpc) is 3.83. The molecular weight excluding hydrogens is 649 g/mol. The van der Waals surface area contributed by atoms with E-state index < -0.39 is 6.04 Å². The lowest BCUT2D eigenvalue weighted by atomic mass is 9.61. The van der Waals surface area contributed by atoms with E-state index in [0.29, 0.717) is 23.4 Å². The Labute approximate surface area is 315 Å². The van der Waals surface area contributed by atoms with Crippen molar-refractivity contribution in [1.82, 2.24) is 24.1 Å². The van der Waals surface area contributed by atoms with Crippen molar-refractivity contribution in [3.63, 3.8) is 0 Å². The number of anilines is 2. The topological polar surface area (TPSA) is 51.8 Å². The monoisotopic (exact) mass is 691 g/mol.